The van der Waals surface area contributed by atoms with Crippen LogP contribution in [0.5, 0.6) is 0 Å². The van der Waals surface area contributed by atoms with Crippen LogP contribution in [0.3, 0.4) is 0 Å². The number of rotatable bonds is 0. The largest absolute Gasteiger partial charge is 2.00 e. The molecule has 0 rings (SSSR count). The van der Waals surface area contributed by atoms with Crippen LogP contribution in [0, 0.1) is 12.8 Å². The van der Waals surface area contributed by atoms with Gasteiger partial charge in [-0.05, 0) is 0 Å². The maximum absolute atomic E-state index is 4.00. The molecule has 0 saturated heterocycles. The standard InChI is InChI=1S/C2H2.ClH.Mg.2H/c1-2;;;;/h1-2H;1H;;;/q;;+2;2*-1. The zero-order valence-corrected chi connectivity index (χ0v) is 4.50. The van der Waals surface area contributed by atoms with Crippen molar-refractivity contribution in [2.75, 3.05) is 0 Å². The Morgan fingerprint density at radius 1 is 1.25 bits per heavy atom. The first-order valence-corrected chi connectivity index (χ1v) is 0.333. The summed E-state index contributed by atoms with van der Waals surface area (Å²) in [4.78, 5) is 0. The fourth-order valence-corrected chi connectivity index (χ4v) is 0. The molecule has 22 valence electrons. The summed E-state index contributed by atoms with van der Waals surface area (Å²) >= 11 is 0. The van der Waals surface area contributed by atoms with Crippen molar-refractivity contribution in [2.24, 2.45) is 0 Å². The van der Waals surface area contributed by atoms with Gasteiger partial charge in [0, 0.05) is 0 Å². The van der Waals surface area contributed by atoms with Gasteiger partial charge in [-0.3, -0.25) is 0 Å². The van der Waals surface area contributed by atoms with E-state index in [1.54, 1.807) is 0 Å². The maximum Gasteiger partial charge on any atom is 2.00 e. The van der Waals surface area contributed by atoms with Gasteiger partial charge in [0.05, 0.1) is 0 Å². The van der Waals surface area contributed by atoms with Gasteiger partial charge in [0.15, 0.2) is 0 Å². The van der Waals surface area contributed by atoms with Crippen LogP contribution in [0.1, 0.15) is 2.85 Å². The van der Waals surface area contributed by atoms with Crippen molar-refractivity contribution >= 4 is 35.5 Å². The minimum Gasteiger partial charge on any atom is -1.00 e. The summed E-state index contributed by atoms with van der Waals surface area (Å²) in [7, 11) is 0. The van der Waals surface area contributed by atoms with Gasteiger partial charge in [0.25, 0.3) is 0 Å². The molecule has 0 amide bonds. The fourth-order valence-electron chi connectivity index (χ4n) is 0. The summed E-state index contributed by atoms with van der Waals surface area (Å²) in [6.45, 7) is 0. The molecule has 0 aliphatic rings. The summed E-state index contributed by atoms with van der Waals surface area (Å²) in [5.74, 6) is 0. The molecule has 0 spiro atoms. The van der Waals surface area contributed by atoms with Crippen LogP contribution in [0.2, 0.25) is 0 Å². The average molecular weight is 88.8 g/mol. The van der Waals surface area contributed by atoms with Gasteiger partial charge in [0.1, 0.15) is 0 Å². The summed E-state index contributed by atoms with van der Waals surface area (Å²) in [5.41, 5.74) is 0. The summed E-state index contributed by atoms with van der Waals surface area (Å²) in [5, 5.41) is 0. The third-order valence-electron chi connectivity index (χ3n) is 0. The molecule has 0 aliphatic heterocycles. The van der Waals surface area contributed by atoms with Crippen molar-refractivity contribution in [1.29, 1.82) is 0 Å². The molecule has 0 aromatic carbocycles. The molecule has 0 saturated carbocycles. The predicted octanol–water partition coefficient (Wildman–Crippen LogP) is 0.515. The van der Waals surface area contributed by atoms with Crippen molar-refractivity contribution in [3.63, 3.8) is 0 Å². The van der Waals surface area contributed by atoms with E-state index in [1.807, 2.05) is 0 Å². The molecular weight excluding hydrogens is 83.8 g/mol. The van der Waals surface area contributed by atoms with Gasteiger partial charge >= 0.3 is 23.1 Å². The second kappa shape index (κ2) is 65.2. The van der Waals surface area contributed by atoms with Crippen molar-refractivity contribution in [3.8, 4) is 12.8 Å². The number of hydrogen-bond donors (Lipinski definition) is 0. The van der Waals surface area contributed by atoms with Crippen LogP contribution in [0.4, 0.5) is 0 Å². The number of hydrogen-bond acceptors (Lipinski definition) is 0. The minimum atomic E-state index is 0. The van der Waals surface area contributed by atoms with Crippen LogP contribution < -0.4 is 0 Å². The summed E-state index contributed by atoms with van der Waals surface area (Å²) < 4.78 is 0. The van der Waals surface area contributed by atoms with Gasteiger partial charge in [-0.1, -0.05) is 0 Å². The zero-order chi connectivity index (χ0) is 2.00. The van der Waals surface area contributed by atoms with Crippen LogP contribution in [0.15, 0.2) is 0 Å². The first kappa shape index (κ1) is 23.1. The van der Waals surface area contributed by atoms with Gasteiger partial charge in [-0.2, -0.15) is 0 Å². The van der Waals surface area contributed by atoms with Gasteiger partial charge in [-0.25, -0.2) is 0 Å². The molecule has 0 nitrogen and oxygen atoms in total. The molecule has 0 aliphatic carbocycles. The quantitative estimate of drug-likeness (QED) is 0.299. The van der Waals surface area contributed by atoms with Crippen molar-refractivity contribution in [3.05, 3.63) is 0 Å². The first-order valence-electron chi connectivity index (χ1n) is 0.333. The van der Waals surface area contributed by atoms with Crippen LogP contribution >= 0.6 is 12.4 Å². The average Bonchev–Trinajstić information content (AvgIpc) is 1.00. The Labute approximate surface area is 51.5 Å². The summed E-state index contributed by atoms with van der Waals surface area (Å²) in [6.07, 6.45) is 8.00. The Hall–Kier alpha value is 0.616. The van der Waals surface area contributed by atoms with E-state index in [0.717, 1.165) is 0 Å². The van der Waals surface area contributed by atoms with Crippen LogP contribution in [-0.4, -0.2) is 23.1 Å². The van der Waals surface area contributed by atoms with E-state index in [9.17, 15) is 0 Å². The normalized spacial score (nSPS) is 0.500. The van der Waals surface area contributed by atoms with Crippen LogP contribution in [-0.2, 0) is 0 Å². The Balaban J connectivity index is -0.000000000833. The Bertz CT molecular complexity index is 16.3. The van der Waals surface area contributed by atoms with E-state index < -0.39 is 0 Å². The molecule has 0 radical (unpaired) electrons. The monoisotopic (exact) mass is 88.0 g/mol. The second-order valence-corrected chi connectivity index (χ2v) is 0. The molecule has 2 heteroatoms. The summed E-state index contributed by atoms with van der Waals surface area (Å²) in [6, 6.07) is 0. The molecule has 4 heavy (non-hydrogen) atoms. The third-order valence-corrected chi connectivity index (χ3v) is 0. The second-order valence-electron chi connectivity index (χ2n) is 0. The van der Waals surface area contributed by atoms with E-state index in [-0.39, 0.29) is 38.3 Å². The van der Waals surface area contributed by atoms with E-state index in [2.05, 4.69) is 12.8 Å². The number of halogens is 1. The van der Waals surface area contributed by atoms with Crippen molar-refractivity contribution in [1.82, 2.24) is 0 Å². The Morgan fingerprint density at radius 3 is 1.25 bits per heavy atom. The molecule has 0 atom stereocenters. The van der Waals surface area contributed by atoms with E-state index in [0.29, 0.717) is 0 Å². The van der Waals surface area contributed by atoms with Gasteiger partial charge in [-0.15, -0.1) is 25.3 Å². The topological polar surface area (TPSA) is 0 Å². The van der Waals surface area contributed by atoms with Crippen molar-refractivity contribution < 1.29 is 2.85 Å². The Kier molecular flexibility index (Phi) is 377. The molecular formula is C2H5ClMg. The van der Waals surface area contributed by atoms with E-state index >= 15 is 0 Å². The molecule has 0 fully saturated rings. The molecule has 0 heterocycles. The van der Waals surface area contributed by atoms with Crippen molar-refractivity contribution in [2.45, 2.75) is 0 Å². The molecule has 0 bridgehead atoms. The molecule has 0 unspecified atom stereocenters. The first-order chi connectivity index (χ1) is 1.00. The fraction of sp³-hybridized carbons (Fsp3) is 0. The molecule has 0 N–H and O–H groups in total. The third kappa shape index (κ3) is 18.0. The van der Waals surface area contributed by atoms with Gasteiger partial charge in [0.2, 0.25) is 0 Å². The maximum atomic E-state index is 4.00. The minimum absolute atomic E-state index is 0. The molecule has 0 aromatic rings. The van der Waals surface area contributed by atoms with E-state index in [4.69, 9.17) is 0 Å². The van der Waals surface area contributed by atoms with Gasteiger partial charge < -0.3 is 2.85 Å². The zero-order valence-electron chi connectivity index (χ0n) is 4.27. The molecule has 0 aromatic heterocycles. The SMILES string of the molecule is C#C.Cl.[H-].[H-].[Mg+2]. The van der Waals surface area contributed by atoms with E-state index in [1.165, 1.54) is 0 Å². The van der Waals surface area contributed by atoms with Crippen LogP contribution in [0.25, 0.3) is 0 Å². The smallest absolute Gasteiger partial charge is 1.00 e. The number of terminal acetylenes is 1. The predicted molar refractivity (Wildman–Crippen MR) is 25.1 cm³/mol. The Morgan fingerprint density at radius 2 is 1.25 bits per heavy atom.